The average molecular weight is 358 g/mol. The van der Waals surface area contributed by atoms with Crippen LogP contribution in [-0.4, -0.2) is 25.0 Å². The van der Waals surface area contributed by atoms with Crippen LogP contribution in [0, 0.1) is 0 Å². The van der Waals surface area contributed by atoms with Crippen molar-refractivity contribution < 1.29 is 9.53 Å². The Morgan fingerprint density at radius 3 is 2.88 bits per heavy atom. The van der Waals surface area contributed by atoms with Crippen molar-refractivity contribution in [3.05, 3.63) is 64.2 Å². The first-order chi connectivity index (χ1) is 12.1. The average Bonchev–Trinajstić information content (AvgIpc) is 2.61. The summed E-state index contributed by atoms with van der Waals surface area (Å²) in [4.78, 5) is 14.5. The molecule has 3 rings (SSSR count). The minimum atomic E-state index is 0.175. The van der Waals surface area contributed by atoms with Crippen LogP contribution in [0.3, 0.4) is 0 Å². The maximum atomic E-state index is 12.7. The first-order valence-corrected chi connectivity index (χ1v) is 9.10. The fraction of sp³-hybridized carbons (Fsp3) is 0.381. The van der Waals surface area contributed by atoms with E-state index in [-0.39, 0.29) is 5.91 Å². The second kappa shape index (κ2) is 7.92. The Balaban J connectivity index is 1.67. The fourth-order valence-electron chi connectivity index (χ4n) is 3.59. The number of methoxy groups -OCH3 is 1. The molecule has 0 radical (unpaired) electrons. The van der Waals surface area contributed by atoms with E-state index in [1.54, 1.807) is 12.0 Å². The van der Waals surface area contributed by atoms with Crippen molar-refractivity contribution in [1.82, 2.24) is 4.90 Å². The number of ether oxygens (including phenoxy) is 1. The van der Waals surface area contributed by atoms with E-state index < -0.39 is 0 Å². The Hall–Kier alpha value is -2.00. The van der Waals surface area contributed by atoms with E-state index in [1.165, 1.54) is 11.1 Å². The van der Waals surface area contributed by atoms with Crippen LogP contribution in [0.4, 0.5) is 0 Å². The number of hydrogen-bond donors (Lipinski definition) is 0. The molecule has 132 valence electrons. The molecule has 25 heavy (non-hydrogen) atoms. The van der Waals surface area contributed by atoms with E-state index in [0.29, 0.717) is 23.9 Å². The number of benzene rings is 2. The van der Waals surface area contributed by atoms with Gasteiger partial charge in [-0.2, -0.15) is 0 Å². The zero-order valence-electron chi connectivity index (χ0n) is 14.8. The van der Waals surface area contributed by atoms with Crippen LogP contribution in [0.15, 0.2) is 42.5 Å². The summed E-state index contributed by atoms with van der Waals surface area (Å²) in [6, 6.07) is 13.9. The summed E-state index contributed by atoms with van der Waals surface area (Å²) in [6.07, 6.45) is 3.80. The van der Waals surface area contributed by atoms with Gasteiger partial charge < -0.3 is 9.64 Å². The lowest BCUT2D eigenvalue weighted by atomic mass is 9.80. The minimum Gasteiger partial charge on any atom is -0.497 e. The number of amides is 1. The zero-order valence-corrected chi connectivity index (χ0v) is 15.6. The second-order valence-corrected chi connectivity index (χ2v) is 7.17. The van der Waals surface area contributed by atoms with Gasteiger partial charge in [-0.25, -0.2) is 0 Å². The molecule has 0 aromatic heterocycles. The van der Waals surface area contributed by atoms with Crippen molar-refractivity contribution in [2.75, 3.05) is 14.2 Å². The smallest absolute Gasteiger partial charge is 0.223 e. The van der Waals surface area contributed by atoms with Crippen LogP contribution in [0.25, 0.3) is 0 Å². The summed E-state index contributed by atoms with van der Waals surface area (Å²) >= 11 is 6.03. The molecule has 0 bridgehead atoms. The highest BCUT2D eigenvalue weighted by Gasteiger charge is 2.24. The molecule has 0 N–H and O–H groups in total. The summed E-state index contributed by atoms with van der Waals surface area (Å²) in [5, 5.41) is 0.702. The molecular weight excluding hydrogens is 334 g/mol. The third-order valence-electron chi connectivity index (χ3n) is 4.94. The van der Waals surface area contributed by atoms with Gasteiger partial charge in [0.15, 0.2) is 0 Å². The van der Waals surface area contributed by atoms with Gasteiger partial charge in [0.05, 0.1) is 7.11 Å². The molecular formula is C21H24ClNO2. The highest BCUT2D eigenvalue weighted by molar-refractivity contribution is 6.30. The highest BCUT2D eigenvalue weighted by atomic mass is 35.5. The first-order valence-electron chi connectivity index (χ1n) is 8.72. The second-order valence-electron chi connectivity index (χ2n) is 6.74. The molecule has 1 amide bonds. The lowest BCUT2D eigenvalue weighted by molar-refractivity contribution is -0.130. The van der Waals surface area contributed by atoms with Crippen LogP contribution in [0.1, 0.15) is 41.9 Å². The molecule has 2 aromatic carbocycles. The molecule has 2 aromatic rings. The number of nitrogens with zero attached hydrogens (tertiary/aromatic N) is 1. The van der Waals surface area contributed by atoms with Crippen LogP contribution >= 0.6 is 11.6 Å². The van der Waals surface area contributed by atoms with Crippen molar-refractivity contribution >= 4 is 17.5 Å². The molecule has 1 unspecified atom stereocenters. The van der Waals surface area contributed by atoms with Crippen LogP contribution in [0.5, 0.6) is 5.75 Å². The minimum absolute atomic E-state index is 0.175. The third-order valence-corrected chi connectivity index (χ3v) is 5.18. The van der Waals surface area contributed by atoms with Gasteiger partial charge >= 0.3 is 0 Å². The molecule has 1 aliphatic rings. The lowest BCUT2D eigenvalue weighted by Gasteiger charge is -2.27. The van der Waals surface area contributed by atoms with Crippen molar-refractivity contribution in [2.45, 2.75) is 38.1 Å². The maximum Gasteiger partial charge on any atom is 0.223 e. The first kappa shape index (κ1) is 17.8. The number of carbonyl (C=O) groups is 1. The van der Waals surface area contributed by atoms with Gasteiger partial charge in [-0.05, 0) is 66.1 Å². The van der Waals surface area contributed by atoms with Gasteiger partial charge in [0.25, 0.3) is 0 Å². The fourth-order valence-corrected chi connectivity index (χ4v) is 3.81. The summed E-state index contributed by atoms with van der Waals surface area (Å²) in [5.74, 6) is 1.36. The molecule has 0 saturated carbocycles. The summed E-state index contributed by atoms with van der Waals surface area (Å²) in [7, 11) is 3.55. The van der Waals surface area contributed by atoms with Crippen molar-refractivity contribution in [1.29, 1.82) is 0 Å². The molecule has 3 nitrogen and oxygen atoms in total. The summed E-state index contributed by atoms with van der Waals surface area (Å²) in [5.41, 5.74) is 3.68. The maximum absolute atomic E-state index is 12.7. The summed E-state index contributed by atoms with van der Waals surface area (Å²) in [6.45, 7) is 0.585. The zero-order chi connectivity index (χ0) is 17.8. The van der Waals surface area contributed by atoms with E-state index in [2.05, 4.69) is 12.1 Å². The Morgan fingerprint density at radius 2 is 2.12 bits per heavy atom. The molecule has 1 atom stereocenters. The van der Waals surface area contributed by atoms with Crippen LogP contribution in [0.2, 0.25) is 5.02 Å². The standard InChI is InChI=1S/C21H24ClNO2/c1-23(14-15-5-3-8-18(22)11-15)21(24)13-17-7-4-6-16-12-19(25-2)9-10-20(16)17/h3,5,8-12,17H,4,6-7,13-14H2,1-2H3. The van der Waals surface area contributed by atoms with Crippen LogP contribution < -0.4 is 4.74 Å². The number of hydrogen-bond acceptors (Lipinski definition) is 2. The lowest BCUT2D eigenvalue weighted by Crippen LogP contribution is -2.28. The van der Waals surface area contributed by atoms with Gasteiger partial charge in [0.2, 0.25) is 5.91 Å². The molecule has 0 spiro atoms. The number of fused-ring (bicyclic) bond motifs is 1. The largest absolute Gasteiger partial charge is 0.497 e. The van der Waals surface area contributed by atoms with Gasteiger partial charge in [-0.15, -0.1) is 0 Å². The summed E-state index contributed by atoms with van der Waals surface area (Å²) < 4.78 is 5.32. The molecule has 0 aliphatic heterocycles. The Labute approximate surface area is 154 Å². The van der Waals surface area contributed by atoms with E-state index in [0.717, 1.165) is 30.6 Å². The van der Waals surface area contributed by atoms with E-state index >= 15 is 0 Å². The molecule has 0 fully saturated rings. The number of halogens is 1. The van der Waals surface area contributed by atoms with Crippen molar-refractivity contribution in [3.8, 4) is 5.75 Å². The number of rotatable bonds is 5. The molecule has 0 saturated heterocycles. The highest BCUT2D eigenvalue weighted by Crippen LogP contribution is 2.36. The monoisotopic (exact) mass is 357 g/mol. The van der Waals surface area contributed by atoms with Gasteiger partial charge in [-0.3, -0.25) is 4.79 Å². The van der Waals surface area contributed by atoms with Crippen molar-refractivity contribution in [3.63, 3.8) is 0 Å². The predicted octanol–water partition coefficient (Wildman–Crippen LogP) is 4.82. The SMILES string of the molecule is COc1ccc2c(c1)CCCC2CC(=O)N(C)Cc1cccc(Cl)c1. The Kier molecular flexibility index (Phi) is 5.64. The van der Waals surface area contributed by atoms with E-state index in [9.17, 15) is 4.79 Å². The van der Waals surface area contributed by atoms with Gasteiger partial charge in [0.1, 0.15) is 5.75 Å². The van der Waals surface area contributed by atoms with E-state index in [4.69, 9.17) is 16.3 Å². The number of aryl methyl sites for hydroxylation is 1. The van der Waals surface area contributed by atoms with Gasteiger partial charge in [0, 0.05) is 25.0 Å². The predicted molar refractivity (Wildman–Crippen MR) is 101 cm³/mol. The van der Waals surface area contributed by atoms with Gasteiger partial charge in [-0.1, -0.05) is 29.8 Å². The van der Waals surface area contributed by atoms with Crippen LogP contribution in [-0.2, 0) is 17.8 Å². The van der Waals surface area contributed by atoms with Crippen molar-refractivity contribution in [2.24, 2.45) is 0 Å². The third kappa shape index (κ3) is 4.35. The molecule has 0 heterocycles. The Bertz CT molecular complexity index is 759. The number of carbonyl (C=O) groups excluding carboxylic acids is 1. The van der Waals surface area contributed by atoms with E-state index in [1.807, 2.05) is 37.4 Å². The normalized spacial score (nSPS) is 16.2. The molecule has 1 aliphatic carbocycles. The molecule has 4 heteroatoms. The Morgan fingerprint density at radius 1 is 1.28 bits per heavy atom. The quantitative estimate of drug-likeness (QED) is 0.768. The topological polar surface area (TPSA) is 29.5 Å².